The van der Waals surface area contributed by atoms with E-state index in [9.17, 15) is 4.79 Å². The molecular weight excluding hydrogens is 260 g/mol. The van der Waals surface area contributed by atoms with Gasteiger partial charge in [0, 0.05) is 11.9 Å². The fraction of sp³-hybridized carbons (Fsp3) is 0.385. The molecule has 0 bridgehead atoms. The summed E-state index contributed by atoms with van der Waals surface area (Å²) in [5.74, 6) is -0.158. The molecule has 5 nitrogen and oxygen atoms in total. The molecule has 0 saturated heterocycles. The summed E-state index contributed by atoms with van der Waals surface area (Å²) in [4.78, 5) is 15.2. The maximum absolute atomic E-state index is 12.4. The Bertz CT molecular complexity index is 561. The number of thiophene rings is 1. The van der Waals surface area contributed by atoms with Crippen LogP contribution in [0.1, 0.15) is 40.9 Å². The SMILES string of the molecule is CCc1[nH]nc(C(=O)N(C)C(C)c2cccs2)c1N. The Morgan fingerprint density at radius 2 is 2.37 bits per heavy atom. The van der Waals surface area contributed by atoms with Crippen LogP contribution in [0.4, 0.5) is 5.69 Å². The highest BCUT2D eigenvalue weighted by molar-refractivity contribution is 7.10. The molecule has 2 aromatic heterocycles. The minimum atomic E-state index is -0.158. The second kappa shape index (κ2) is 5.44. The molecule has 0 aliphatic heterocycles. The quantitative estimate of drug-likeness (QED) is 0.902. The van der Waals surface area contributed by atoms with Crippen LogP contribution in [-0.4, -0.2) is 28.1 Å². The third-order valence-electron chi connectivity index (χ3n) is 3.30. The fourth-order valence-corrected chi connectivity index (χ4v) is 2.71. The van der Waals surface area contributed by atoms with Crippen LogP contribution in [0.2, 0.25) is 0 Å². The number of hydrogen-bond acceptors (Lipinski definition) is 4. The Labute approximate surface area is 116 Å². The maximum Gasteiger partial charge on any atom is 0.276 e. The minimum absolute atomic E-state index is 0.00803. The number of carbonyl (C=O) groups excluding carboxylic acids is 1. The summed E-state index contributed by atoms with van der Waals surface area (Å²) in [6.07, 6.45) is 0.732. The lowest BCUT2D eigenvalue weighted by atomic mass is 10.2. The average Bonchev–Trinajstić information content (AvgIpc) is 3.05. The number of nitrogens with zero attached hydrogens (tertiary/aromatic N) is 2. The molecule has 1 amide bonds. The Kier molecular flexibility index (Phi) is 3.90. The number of H-pyrrole nitrogens is 1. The van der Waals surface area contributed by atoms with Gasteiger partial charge in [-0.1, -0.05) is 13.0 Å². The van der Waals surface area contributed by atoms with Crippen molar-refractivity contribution in [2.45, 2.75) is 26.3 Å². The van der Waals surface area contributed by atoms with E-state index in [0.29, 0.717) is 11.4 Å². The fourth-order valence-electron chi connectivity index (χ4n) is 1.88. The molecule has 0 aliphatic rings. The molecule has 0 aliphatic carbocycles. The summed E-state index contributed by atoms with van der Waals surface area (Å²) in [7, 11) is 1.77. The van der Waals surface area contributed by atoms with Gasteiger partial charge in [-0.25, -0.2) is 0 Å². The van der Waals surface area contributed by atoms with Gasteiger partial charge in [0.1, 0.15) is 0 Å². The summed E-state index contributed by atoms with van der Waals surface area (Å²) in [6, 6.07) is 4.01. The number of carbonyl (C=O) groups is 1. The van der Waals surface area contributed by atoms with Crippen LogP contribution in [-0.2, 0) is 6.42 Å². The first-order valence-electron chi connectivity index (χ1n) is 6.19. The van der Waals surface area contributed by atoms with Gasteiger partial charge in [-0.15, -0.1) is 11.3 Å². The number of nitrogens with one attached hydrogen (secondary N) is 1. The zero-order valence-corrected chi connectivity index (χ0v) is 12.1. The van der Waals surface area contributed by atoms with E-state index < -0.39 is 0 Å². The van der Waals surface area contributed by atoms with Crippen molar-refractivity contribution < 1.29 is 4.79 Å². The van der Waals surface area contributed by atoms with Crippen molar-refractivity contribution in [3.8, 4) is 0 Å². The van der Waals surface area contributed by atoms with Gasteiger partial charge < -0.3 is 10.6 Å². The van der Waals surface area contributed by atoms with E-state index in [2.05, 4.69) is 10.2 Å². The van der Waals surface area contributed by atoms with Gasteiger partial charge in [0.2, 0.25) is 0 Å². The third-order valence-corrected chi connectivity index (χ3v) is 4.34. The molecule has 1 unspecified atom stereocenters. The zero-order valence-electron chi connectivity index (χ0n) is 11.3. The normalized spacial score (nSPS) is 12.4. The van der Waals surface area contributed by atoms with Gasteiger partial charge in [-0.3, -0.25) is 9.89 Å². The highest BCUT2D eigenvalue weighted by atomic mass is 32.1. The molecule has 2 heterocycles. The highest BCUT2D eigenvalue weighted by Crippen LogP contribution is 2.26. The molecule has 2 aromatic rings. The van der Waals surface area contributed by atoms with Crippen molar-refractivity contribution in [3.05, 3.63) is 33.8 Å². The lowest BCUT2D eigenvalue weighted by Gasteiger charge is -2.23. The summed E-state index contributed by atoms with van der Waals surface area (Å²) in [6.45, 7) is 3.96. The first kappa shape index (κ1) is 13.6. The molecule has 0 spiro atoms. The monoisotopic (exact) mass is 278 g/mol. The molecule has 3 N–H and O–H groups in total. The van der Waals surface area contributed by atoms with Crippen LogP contribution in [0.5, 0.6) is 0 Å². The number of rotatable bonds is 4. The van der Waals surface area contributed by atoms with Crippen LogP contribution in [0.3, 0.4) is 0 Å². The predicted octanol–water partition coefficient (Wildman–Crippen LogP) is 2.45. The number of hydrogen-bond donors (Lipinski definition) is 2. The lowest BCUT2D eigenvalue weighted by molar-refractivity contribution is 0.0740. The van der Waals surface area contributed by atoms with Crippen molar-refractivity contribution >= 4 is 22.9 Å². The van der Waals surface area contributed by atoms with E-state index in [4.69, 9.17) is 5.73 Å². The number of aromatic amines is 1. The summed E-state index contributed by atoms with van der Waals surface area (Å²) in [5, 5.41) is 8.85. The average molecular weight is 278 g/mol. The number of nitrogens with two attached hydrogens (primary N) is 1. The second-order valence-electron chi connectivity index (χ2n) is 4.43. The highest BCUT2D eigenvalue weighted by Gasteiger charge is 2.24. The number of nitrogen functional groups attached to an aromatic ring is 1. The smallest absolute Gasteiger partial charge is 0.276 e. The molecule has 19 heavy (non-hydrogen) atoms. The lowest BCUT2D eigenvalue weighted by Crippen LogP contribution is -2.30. The first-order chi connectivity index (χ1) is 9.06. The van der Waals surface area contributed by atoms with Crippen molar-refractivity contribution in [1.29, 1.82) is 0 Å². The Morgan fingerprint density at radius 1 is 1.63 bits per heavy atom. The van der Waals surface area contributed by atoms with Gasteiger partial charge in [0.15, 0.2) is 5.69 Å². The molecule has 1 atom stereocenters. The van der Waals surface area contributed by atoms with Crippen molar-refractivity contribution in [1.82, 2.24) is 15.1 Å². The van der Waals surface area contributed by atoms with Crippen molar-refractivity contribution in [3.63, 3.8) is 0 Å². The van der Waals surface area contributed by atoms with Crippen LogP contribution in [0.25, 0.3) is 0 Å². The third kappa shape index (κ3) is 2.49. The standard InChI is InChI=1S/C13H18N4OS/c1-4-9-11(14)12(16-15-9)13(18)17(3)8(2)10-6-5-7-19-10/h5-8H,4,14H2,1-3H3,(H,15,16). The Hall–Kier alpha value is -1.82. The largest absolute Gasteiger partial charge is 0.395 e. The minimum Gasteiger partial charge on any atom is -0.395 e. The van der Waals surface area contributed by atoms with Crippen LogP contribution in [0.15, 0.2) is 17.5 Å². The van der Waals surface area contributed by atoms with E-state index in [0.717, 1.165) is 17.0 Å². The van der Waals surface area contributed by atoms with Gasteiger partial charge in [0.05, 0.1) is 17.4 Å². The molecule has 0 fully saturated rings. The molecule has 0 radical (unpaired) electrons. The van der Waals surface area contributed by atoms with E-state index in [1.807, 2.05) is 31.4 Å². The molecule has 0 aromatic carbocycles. The van der Waals surface area contributed by atoms with Crippen molar-refractivity contribution in [2.24, 2.45) is 0 Å². The van der Waals surface area contributed by atoms with Gasteiger partial charge in [0.25, 0.3) is 5.91 Å². The van der Waals surface area contributed by atoms with E-state index in [1.165, 1.54) is 0 Å². The Morgan fingerprint density at radius 3 is 2.89 bits per heavy atom. The second-order valence-corrected chi connectivity index (χ2v) is 5.40. The molecule has 102 valence electrons. The molecule has 6 heteroatoms. The molecule has 0 saturated carbocycles. The van der Waals surface area contributed by atoms with Gasteiger partial charge in [-0.05, 0) is 24.8 Å². The van der Waals surface area contributed by atoms with Gasteiger partial charge >= 0.3 is 0 Å². The summed E-state index contributed by atoms with van der Waals surface area (Å²) in [5.41, 5.74) is 7.50. The number of anilines is 1. The zero-order chi connectivity index (χ0) is 14.0. The van der Waals surface area contributed by atoms with E-state index >= 15 is 0 Å². The topological polar surface area (TPSA) is 75.0 Å². The van der Waals surface area contributed by atoms with Crippen LogP contribution in [0, 0.1) is 0 Å². The number of amides is 1. The first-order valence-corrected chi connectivity index (χ1v) is 7.07. The maximum atomic E-state index is 12.4. The molecule has 2 rings (SSSR count). The van der Waals surface area contributed by atoms with E-state index in [-0.39, 0.29) is 11.9 Å². The van der Waals surface area contributed by atoms with Crippen LogP contribution >= 0.6 is 11.3 Å². The predicted molar refractivity (Wildman–Crippen MR) is 77.2 cm³/mol. The van der Waals surface area contributed by atoms with Crippen molar-refractivity contribution in [2.75, 3.05) is 12.8 Å². The number of aryl methyl sites for hydroxylation is 1. The Balaban J connectivity index is 2.21. The number of aromatic nitrogens is 2. The summed E-state index contributed by atoms with van der Waals surface area (Å²) >= 11 is 1.63. The van der Waals surface area contributed by atoms with Crippen LogP contribution < -0.4 is 5.73 Å². The van der Waals surface area contributed by atoms with Gasteiger partial charge in [-0.2, -0.15) is 5.10 Å². The molecular formula is C13H18N4OS. The summed E-state index contributed by atoms with van der Waals surface area (Å²) < 4.78 is 0. The van der Waals surface area contributed by atoms with E-state index in [1.54, 1.807) is 23.3 Å².